The summed E-state index contributed by atoms with van der Waals surface area (Å²) in [5, 5.41) is -0.162. The van der Waals surface area contributed by atoms with Crippen molar-refractivity contribution in [3.8, 4) is 0 Å². The van der Waals surface area contributed by atoms with Crippen LogP contribution < -0.4 is 0 Å². The maximum atomic E-state index is 13.7. The van der Waals surface area contributed by atoms with Crippen LogP contribution in [0.5, 0.6) is 0 Å². The van der Waals surface area contributed by atoms with Gasteiger partial charge in [0.2, 0.25) is 0 Å². The first-order valence-corrected chi connectivity index (χ1v) is 19.5. The largest absolute Gasteiger partial charge is 0.416 e. The Hall–Kier alpha value is -2.97. The monoisotopic (exact) mass is 716 g/mol. The predicted molar refractivity (Wildman–Crippen MR) is 176 cm³/mol. The van der Waals surface area contributed by atoms with Crippen molar-refractivity contribution in [3.05, 3.63) is 113 Å². The van der Waals surface area contributed by atoms with E-state index in [4.69, 9.17) is 13.3 Å². The fourth-order valence-corrected chi connectivity index (χ4v) is 6.55. The van der Waals surface area contributed by atoms with Crippen LogP contribution in [0.2, 0.25) is 18.1 Å². The van der Waals surface area contributed by atoms with Crippen LogP contribution in [-0.2, 0) is 35.8 Å². The quantitative estimate of drug-likeness (QED) is 0.0763. The predicted octanol–water partition coefficient (Wildman–Crippen LogP) is 10.2. The molecular formula is C35H42F6O5SSi. The molecule has 3 rings (SSSR count). The first kappa shape index (κ1) is 39.5. The minimum atomic E-state index is -5.07. The van der Waals surface area contributed by atoms with Crippen molar-refractivity contribution in [1.29, 1.82) is 0 Å². The Labute approximate surface area is 280 Å². The minimum absolute atomic E-state index is 0.0385. The van der Waals surface area contributed by atoms with Crippen LogP contribution >= 0.6 is 0 Å². The zero-order valence-corrected chi connectivity index (χ0v) is 29.8. The molecule has 3 aromatic rings. The highest BCUT2D eigenvalue weighted by molar-refractivity contribution is 7.86. The molecular weight excluding hydrogens is 675 g/mol. The molecule has 0 spiro atoms. The van der Waals surface area contributed by atoms with E-state index < -0.39 is 72.2 Å². The van der Waals surface area contributed by atoms with E-state index in [9.17, 15) is 34.8 Å². The number of hydrogen-bond donors (Lipinski definition) is 0. The van der Waals surface area contributed by atoms with E-state index >= 15 is 0 Å². The molecule has 0 bridgehead atoms. The lowest BCUT2D eigenvalue weighted by molar-refractivity contribution is -0.143. The third-order valence-electron chi connectivity index (χ3n) is 8.55. The second-order valence-corrected chi connectivity index (χ2v) is 19.7. The molecule has 3 aromatic carbocycles. The summed E-state index contributed by atoms with van der Waals surface area (Å²) in [5.74, 6) is -0.834. The van der Waals surface area contributed by atoms with Gasteiger partial charge in [-0.05, 0) is 79.0 Å². The van der Waals surface area contributed by atoms with Gasteiger partial charge in [0.1, 0.15) is 0 Å². The number of aryl methyl sites for hydroxylation is 1. The maximum absolute atomic E-state index is 13.7. The lowest BCUT2D eigenvalue weighted by Crippen LogP contribution is -2.42. The molecule has 5 nitrogen and oxygen atoms in total. The highest BCUT2D eigenvalue weighted by Gasteiger charge is 2.40. The summed E-state index contributed by atoms with van der Waals surface area (Å²) in [6.45, 7) is 17.0. The summed E-state index contributed by atoms with van der Waals surface area (Å²) < 4.78 is 127. The summed E-state index contributed by atoms with van der Waals surface area (Å²) in [6.07, 6.45) is -12.8. The molecule has 0 saturated heterocycles. The molecule has 13 heteroatoms. The third kappa shape index (κ3) is 10.3. The zero-order valence-electron chi connectivity index (χ0n) is 28.0. The average Bonchev–Trinajstić information content (AvgIpc) is 2.98. The van der Waals surface area contributed by atoms with Crippen LogP contribution in [-0.4, -0.2) is 36.1 Å². The zero-order chi connectivity index (χ0) is 36.3. The highest BCUT2D eigenvalue weighted by atomic mass is 32.2. The van der Waals surface area contributed by atoms with Gasteiger partial charge in [-0.2, -0.15) is 34.8 Å². The van der Waals surface area contributed by atoms with E-state index in [1.807, 2.05) is 13.1 Å². The van der Waals surface area contributed by atoms with E-state index in [1.54, 1.807) is 49.4 Å². The molecule has 0 aromatic heterocycles. The van der Waals surface area contributed by atoms with E-state index in [0.717, 1.165) is 5.56 Å². The van der Waals surface area contributed by atoms with Crippen molar-refractivity contribution in [2.45, 2.75) is 88.1 Å². The lowest BCUT2D eigenvalue weighted by Gasteiger charge is -2.38. The number of benzene rings is 3. The van der Waals surface area contributed by atoms with Gasteiger partial charge in [-0.15, -0.1) is 0 Å². The fourth-order valence-electron chi connectivity index (χ4n) is 4.65. The van der Waals surface area contributed by atoms with Crippen molar-refractivity contribution >= 4 is 18.4 Å². The highest BCUT2D eigenvalue weighted by Crippen LogP contribution is 2.41. The van der Waals surface area contributed by atoms with Crippen molar-refractivity contribution in [2.75, 3.05) is 13.2 Å². The lowest BCUT2D eigenvalue weighted by atomic mass is 9.87. The fraction of sp³-hybridized carbons (Fsp3) is 0.429. The molecule has 48 heavy (non-hydrogen) atoms. The van der Waals surface area contributed by atoms with Gasteiger partial charge in [0.05, 0.1) is 41.4 Å². The second kappa shape index (κ2) is 14.9. The van der Waals surface area contributed by atoms with Crippen LogP contribution in [0, 0.1) is 6.92 Å². The Morgan fingerprint density at radius 1 is 0.833 bits per heavy atom. The molecule has 0 N–H and O–H groups in total. The topological polar surface area (TPSA) is 61.8 Å². The molecule has 0 aliphatic rings. The minimum Gasteiger partial charge on any atom is -0.413 e. The van der Waals surface area contributed by atoms with Gasteiger partial charge in [-0.1, -0.05) is 75.4 Å². The Kier molecular flexibility index (Phi) is 12.2. The first-order chi connectivity index (χ1) is 21.9. The third-order valence-corrected chi connectivity index (χ3v) is 14.3. The molecule has 0 heterocycles. The second-order valence-electron chi connectivity index (χ2n) is 13.3. The van der Waals surface area contributed by atoms with Gasteiger partial charge in [-0.3, -0.25) is 4.18 Å². The van der Waals surface area contributed by atoms with Crippen LogP contribution in [0.25, 0.3) is 0 Å². The summed E-state index contributed by atoms with van der Waals surface area (Å²) in [7, 11) is -6.67. The van der Waals surface area contributed by atoms with Crippen molar-refractivity contribution < 1.29 is 48.1 Å². The molecule has 0 aliphatic carbocycles. The van der Waals surface area contributed by atoms with Gasteiger partial charge in [0.25, 0.3) is 10.1 Å². The number of alkyl halides is 6. The summed E-state index contributed by atoms with van der Waals surface area (Å²) in [6, 6.07) is 15.8. The van der Waals surface area contributed by atoms with E-state index in [-0.39, 0.29) is 22.6 Å². The number of hydrogen-bond acceptors (Lipinski definition) is 5. The average molecular weight is 717 g/mol. The van der Waals surface area contributed by atoms with E-state index in [2.05, 4.69) is 27.4 Å². The standard InChI is InChI=1S/C35H42F6O5SSi/c1-23-14-16-30(17-15-23)47(42,43)44-22-31(46-25(3)27-18-28(34(36,37)38)20-29(19-27)35(39,40)41)32(26-12-10-9-11-13-26)24(2)21-45-48(7,8)33(4,5)6/h9-20,25,31-32H,2,21-22H2,1,3-8H3/t25-,31-,32-/m1/s1. The molecule has 0 fully saturated rings. The molecule has 264 valence electrons. The van der Waals surface area contributed by atoms with Gasteiger partial charge in [0, 0.05) is 5.92 Å². The van der Waals surface area contributed by atoms with E-state index in [1.165, 1.54) is 19.1 Å². The van der Waals surface area contributed by atoms with Crippen molar-refractivity contribution in [3.63, 3.8) is 0 Å². The SMILES string of the molecule is C=C(CO[Si](C)(C)C(C)(C)C)[C@H](c1ccccc1)[C@@H](COS(=O)(=O)c1ccc(C)cc1)O[C@H](C)c1cc(C(F)(F)F)cc(C(F)(F)F)c1. The number of rotatable bonds is 13. The summed E-state index contributed by atoms with van der Waals surface area (Å²) in [5.41, 5.74) is -1.52. The van der Waals surface area contributed by atoms with Gasteiger partial charge < -0.3 is 9.16 Å². The Morgan fingerprint density at radius 2 is 1.35 bits per heavy atom. The maximum Gasteiger partial charge on any atom is 0.416 e. The Bertz CT molecular complexity index is 1620. The van der Waals surface area contributed by atoms with E-state index in [0.29, 0.717) is 23.3 Å². The molecule has 3 atom stereocenters. The van der Waals surface area contributed by atoms with Crippen molar-refractivity contribution in [1.82, 2.24) is 0 Å². The van der Waals surface area contributed by atoms with Crippen LogP contribution in [0.4, 0.5) is 26.3 Å². The summed E-state index contributed by atoms with van der Waals surface area (Å²) in [4.78, 5) is -0.135. The van der Waals surface area contributed by atoms with Crippen LogP contribution in [0.1, 0.15) is 67.5 Å². The van der Waals surface area contributed by atoms with Gasteiger partial charge >= 0.3 is 12.4 Å². The smallest absolute Gasteiger partial charge is 0.413 e. The molecule has 0 radical (unpaired) electrons. The molecule has 0 unspecified atom stereocenters. The molecule has 0 saturated carbocycles. The molecule has 0 aliphatic heterocycles. The van der Waals surface area contributed by atoms with Gasteiger partial charge in [0.15, 0.2) is 8.32 Å². The van der Waals surface area contributed by atoms with Gasteiger partial charge in [-0.25, -0.2) is 0 Å². The number of ether oxygens (including phenoxy) is 1. The van der Waals surface area contributed by atoms with Crippen LogP contribution in [0.3, 0.4) is 0 Å². The Morgan fingerprint density at radius 3 is 1.83 bits per heavy atom. The Balaban J connectivity index is 2.10. The molecule has 0 amide bonds. The van der Waals surface area contributed by atoms with Crippen LogP contribution in [0.15, 0.2) is 89.8 Å². The summed E-state index contributed by atoms with van der Waals surface area (Å²) >= 11 is 0. The normalized spacial score (nSPS) is 15.2. The van der Waals surface area contributed by atoms with Crippen molar-refractivity contribution in [2.24, 2.45) is 0 Å². The number of halogens is 6. The first-order valence-electron chi connectivity index (χ1n) is 15.2.